The molecule has 0 spiro atoms. The predicted octanol–water partition coefficient (Wildman–Crippen LogP) is 5.95. The zero-order chi connectivity index (χ0) is 15.0. The Bertz CT molecular complexity index is 619. The van der Waals surface area contributed by atoms with Crippen LogP contribution >= 0.6 is 15.9 Å². The Morgan fingerprint density at radius 3 is 2.25 bits per heavy atom. The lowest BCUT2D eigenvalue weighted by atomic mass is 9.99. The van der Waals surface area contributed by atoms with E-state index < -0.39 is 0 Å². The molecule has 0 bridgehead atoms. The van der Waals surface area contributed by atoms with E-state index in [0.29, 0.717) is 0 Å². The van der Waals surface area contributed by atoms with Crippen molar-refractivity contribution in [3.63, 3.8) is 0 Å². The smallest absolute Gasteiger partial charge is 0.0254 e. The van der Waals surface area contributed by atoms with Gasteiger partial charge in [-0.3, -0.25) is 0 Å². The molecule has 20 heavy (non-hydrogen) atoms. The largest absolute Gasteiger partial charge is 0.124 e. The van der Waals surface area contributed by atoms with Crippen molar-refractivity contribution in [2.24, 2.45) is 0 Å². The van der Waals surface area contributed by atoms with Gasteiger partial charge in [-0.05, 0) is 41.3 Å². The Morgan fingerprint density at radius 1 is 1.05 bits per heavy atom. The second kappa shape index (κ2) is 8.19. The van der Waals surface area contributed by atoms with E-state index in [0.717, 1.165) is 10.0 Å². The molecule has 0 fully saturated rings. The Hall–Kier alpha value is -2.04. The van der Waals surface area contributed by atoms with Crippen LogP contribution in [-0.2, 0) is 0 Å². The fourth-order valence-corrected chi connectivity index (χ4v) is 2.42. The first-order valence-electron chi connectivity index (χ1n) is 6.23. The van der Waals surface area contributed by atoms with Crippen molar-refractivity contribution < 1.29 is 0 Å². The summed E-state index contributed by atoms with van der Waals surface area (Å²) in [6, 6.07) is 16.8. The summed E-state index contributed by atoms with van der Waals surface area (Å²) in [5.41, 5.74) is 4.76. The molecule has 0 aromatic heterocycles. The maximum atomic E-state index is 4.00. The van der Waals surface area contributed by atoms with Gasteiger partial charge in [0.2, 0.25) is 0 Å². The molecule has 2 aromatic rings. The van der Waals surface area contributed by atoms with Gasteiger partial charge in [0.15, 0.2) is 0 Å². The number of hydrogen-bond acceptors (Lipinski definition) is 0. The van der Waals surface area contributed by atoms with E-state index in [1.807, 2.05) is 19.1 Å². The summed E-state index contributed by atoms with van der Waals surface area (Å²) in [7, 11) is 0. The highest BCUT2D eigenvalue weighted by molar-refractivity contribution is 9.10. The van der Waals surface area contributed by atoms with Crippen molar-refractivity contribution >= 4 is 21.5 Å². The first-order valence-corrected chi connectivity index (χ1v) is 7.03. The average molecular weight is 325 g/mol. The third-order valence-electron chi connectivity index (χ3n) is 2.92. The van der Waals surface area contributed by atoms with Crippen molar-refractivity contribution in [1.82, 2.24) is 0 Å². The normalized spacial score (nSPS) is 10.3. The molecule has 0 amide bonds. The van der Waals surface area contributed by atoms with Crippen molar-refractivity contribution in [3.05, 3.63) is 77.3 Å². The van der Waals surface area contributed by atoms with Gasteiger partial charge in [-0.2, -0.15) is 0 Å². The monoisotopic (exact) mass is 324 g/mol. The summed E-state index contributed by atoms with van der Waals surface area (Å²) < 4.78 is 1.09. The van der Waals surface area contributed by atoms with E-state index in [4.69, 9.17) is 0 Å². The molecule has 0 saturated carbocycles. The van der Waals surface area contributed by atoms with E-state index in [1.165, 1.54) is 16.7 Å². The minimum atomic E-state index is 1.09. The molecule has 100 valence electrons. The molecule has 0 atom stereocenters. The van der Waals surface area contributed by atoms with Crippen molar-refractivity contribution in [2.45, 2.75) is 6.92 Å². The summed E-state index contributed by atoms with van der Waals surface area (Å²) in [4.78, 5) is 0. The lowest BCUT2D eigenvalue weighted by Gasteiger charge is -2.09. The third kappa shape index (κ3) is 3.73. The molecular formula is C19H17Br. The minimum absolute atomic E-state index is 1.09. The van der Waals surface area contributed by atoms with Crippen LogP contribution in [0.4, 0.5) is 0 Å². The van der Waals surface area contributed by atoms with Crippen LogP contribution in [0.25, 0.3) is 16.7 Å². The summed E-state index contributed by atoms with van der Waals surface area (Å²) >= 11 is 3.60. The van der Waals surface area contributed by atoms with Crippen LogP contribution in [0.15, 0.2) is 71.7 Å². The van der Waals surface area contributed by atoms with Gasteiger partial charge in [-0.25, -0.2) is 0 Å². The van der Waals surface area contributed by atoms with Gasteiger partial charge in [0.1, 0.15) is 0 Å². The van der Waals surface area contributed by atoms with Crippen LogP contribution in [0, 0.1) is 12.8 Å². The van der Waals surface area contributed by atoms with Crippen molar-refractivity contribution in [3.8, 4) is 24.0 Å². The highest BCUT2D eigenvalue weighted by Gasteiger charge is 2.05. The fourth-order valence-electron chi connectivity index (χ4n) is 1.94. The standard InChI is InChI=1S/C17H15Br.C2H2/c1-3-13(4-2)16-12-15(10-11-17(16)18)14-8-6-5-7-9-14;1-2/h3-12H,1H2,2H3;1-2H/b13-4+;. The number of rotatable bonds is 3. The topological polar surface area (TPSA) is 0 Å². The SMILES string of the molecule is C#C.C=C/C(=C\C)c1cc(-c2ccccc2)ccc1Br. The van der Waals surface area contributed by atoms with Crippen LogP contribution < -0.4 is 0 Å². The van der Waals surface area contributed by atoms with Gasteiger partial charge < -0.3 is 0 Å². The van der Waals surface area contributed by atoms with Gasteiger partial charge >= 0.3 is 0 Å². The number of benzene rings is 2. The van der Waals surface area contributed by atoms with E-state index in [1.54, 1.807) is 0 Å². The number of allylic oxidation sites excluding steroid dienone is 3. The highest BCUT2D eigenvalue weighted by Crippen LogP contribution is 2.30. The fraction of sp³-hybridized carbons (Fsp3) is 0.0526. The molecule has 2 aromatic carbocycles. The predicted molar refractivity (Wildman–Crippen MR) is 93.3 cm³/mol. The summed E-state index contributed by atoms with van der Waals surface area (Å²) in [6.45, 7) is 5.89. The van der Waals surface area contributed by atoms with E-state index in [2.05, 4.69) is 83.9 Å². The van der Waals surface area contributed by atoms with Gasteiger partial charge in [-0.15, -0.1) is 12.8 Å². The lowest BCUT2D eigenvalue weighted by Crippen LogP contribution is -1.85. The maximum absolute atomic E-state index is 4.00. The molecule has 0 saturated heterocycles. The molecular weight excluding hydrogens is 308 g/mol. The summed E-state index contributed by atoms with van der Waals surface area (Å²) in [6.07, 6.45) is 12.0. The van der Waals surface area contributed by atoms with Crippen molar-refractivity contribution in [1.29, 1.82) is 0 Å². The first-order chi connectivity index (χ1) is 9.76. The van der Waals surface area contributed by atoms with Gasteiger partial charge in [-0.1, -0.05) is 71.1 Å². The molecule has 2 rings (SSSR count). The Kier molecular flexibility index (Phi) is 6.56. The van der Waals surface area contributed by atoms with Gasteiger partial charge in [0.05, 0.1) is 0 Å². The molecule has 0 aliphatic heterocycles. The first kappa shape index (κ1) is 16.0. The molecule has 0 nitrogen and oxygen atoms in total. The third-order valence-corrected chi connectivity index (χ3v) is 3.61. The van der Waals surface area contributed by atoms with Gasteiger partial charge in [0.25, 0.3) is 0 Å². The van der Waals surface area contributed by atoms with E-state index >= 15 is 0 Å². The Balaban J connectivity index is 0.000000956. The van der Waals surface area contributed by atoms with Crippen molar-refractivity contribution in [2.75, 3.05) is 0 Å². The van der Waals surface area contributed by atoms with E-state index in [-0.39, 0.29) is 0 Å². The van der Waals surface area contributed by atoms with Crippen LogP contribution in [0.5, 0.6) is 0 Å². The average Bonchev–Trinajstić information content (AvgIpc) is 2.53. The Morgan fingerprint density at radius 2 is 1.70 bits per heavy atom. The van der Waals surface area contributed by atoms with Gasteiger partial charge in [0, 0.05) is 4.47 Å². The summed E-state index contributed by atoms with van der Waals surface area (Å²) in [5, 5.41) is 0. The molecule has 1 heteroatoms. The second-order valence-corrected chi connectivity index (χ2v) is 4.86. The van der Waals surface area contributed by atoms with Crippen LogP contribution in [-0.4, -0.2) is 0 Å². The number of hydrogen-bond donors (Lipinski definition) is 0. The highest BCUT2D eigenvalue weighted by atomic mass is 79.9. The molecule has 0 heterocycles. The molecule has 0 aliphatic rings. The maximum Gasteiger partial charge on any atom is 0.0254 e. The molecule has 0 aliphatic carbocycles. The molecule has 0 radical (unpaired) electrons. The zero-order valence-electron chi connectivity index (χ0n) is 11.5. The van der Waals surface area contributed by atoms with Crippen LogP contribution in [0.2, 0.25) is 0 Å². The second-order valence-electron chi connectivity index (χ2n) is 4.01. The van der Waals surface area contributed by atoms with E-state index in [9.17, 15) is 0 Å². The number of halogens is 1. The number of terminal acetylenes is 1. The van der Waals surface area contributed by atoms with Crippen LogP contribution in [0.3, 0.4) is 0 Å². The Labute approximate surface area is 130 Å². The minimum Gasteiger partial charge on any atom is -0.124 e. The lowest BCUT2D eigenvalue weighted by molar-refractivity contribution is 1.53. The summed E-state index contributed by atoms with van der Waals surface area (Å²) in [5.74, 6) is 0. The van der Waals surface area contributed by atoms with Crippen LogP contribution in [0.1, 0.15) is 12.5 Å². The quantitative estimate of drug-likeness (QED) is 0.483. The molecule has 0 N–H and O–H groups in total. The molecule has 0 unspecified atom stereocenters. The zero-order valence-corrected chi connectivity index (χ0v) is 13.1.